The maximum absolute atomic E-state index is 5.85. The van der Waals surface area contributed by atoms with Crippen molar-refractivity contribution in [3.63, 3.8) is 0 Å². The highest BCUT2D eigenvalue weighted by molar-refractivity contribution is 4.82. The average molecular weight is 257 g/mol. The van der Waals surface area contributed by atoms with Crippen molar-refractivity contribution in [2.45, 2.75) is 50.9 Å². The van der Waals surface area contributed by atoms with Gasteiger partial charge >= 0.3 is 0 Å². The smallest absolute Gasteiger partial charge is 0.0868 e. The molecule has 106 valence electrons. The van der Waals surface area contributed by atoms with Gasteiger partial charge in [0.1, 0.15) is 0 Å². The fraction of sp³-hybridized carbons (Fsp3) is 1.00. The summed E-state index contributed by atoms with van der Waals surface area (Å²) >= 11 is 0. The third-order valence-electron chi connectivity index (χ3n) is 4.11. The van der Waals surface area contributed by atoms with Gasteiger partial charge in [-0.05, 0) is 32.2 Å². The Morgan fingerprint density at radius 1 is 1.39 bits per heavy atom. The molecule has 0 spiro atoms. The lowest BCUT2D eigenvalue weighted by Crippen LogP contribution is -2.54. The second kappa shape index (κ2) is 7.40. The molecule has 3 unspecified atom stereocenters. The summed E-state index contributed by atoms with van der Waals surface area (Å²) in [6, 6.07) is 0.239. The van der Waals surface area contributed by atoms with E-state index in [-0.39, 0.29) is 12.1 Å². The molecule has 0 radical (unpaired) electrons. The van der Waals surface area contributed by atoms with Gasteiger partial charge in [-0.2, -0.15) is 0 Å². The molecule has 0 bridgehead atoms. The Morgan fingerprint density at radius 2 is 2.28 bits per heavy atom. The van der Waals surface area contributed by atoms with E-state index in [1.54, 1.807) is 0 Å². The Balaban J connectivity index is 1.75. The summed E-state index contributed by atoms with van der Waals surface area (Å²) in [6.07, 6.45) is 5.17. The molecule has 2 rings (SSSR count). The maximum Gasteiger partial charge on any atom is 0.0868 e. The number of nitrogens with two attached hydrogens (primary N) is 1. The molecule has 3 N–H and O–H groups in total. The van der Waals surface area contributed by atoms with Crippen molar-refractivity contribution in [3.8, 4) is 0 Å². The summed E-state index contributed by atoms with van der Waals surface area (Å²) in [7, 11) is 0. The van der Waals surface area contributed by atoms with Crippen molar-refractivity contribution in [3.05, 3.63) is 0 Å². The molecule has 2 heterocycles. The van der Waals surface area contributed by atoms with Crippen LogP contribution in [0.3, 0.4) is 0 Å². The highest BCUT2D eigenvalue weighted by Gasteiger charge is 2.28. The number of likely N-dealkylation sites (N-methyl/N-ethyl adjacent to an activating group) is 1. The quantitative estimate of drug-likeness (QED) is 0.536. The van der Waals surface area contributed by atoms with Gasteiger partial charge in [-0.25, -0.2) is 0 Å². The lowest BCUT2D eigenvalue weighted by atomic mass is 10.0. The molecule has 0 aromatic carbocycles. The predicted octanol–water partition coefficient (Wildman–Crippen LogP) is 0.498. The minimum Gasteiger partial charge on any atom is -0.378 e. The van der Waals surface area contributed by atoms with E-state index in [1.165, 1.54) is 12.8 Å². The largest absolute Gasteiger partial charge is 0.378 e. The minimum absolute atomic E-state index is 0.213. The first-order valence-corrected chi connectivity index (χ1v) is 7.25. The molecule has 2 aliphatic rings. The number of hydrogen-bond donors (Lipinski definition) is 2. The van der Waals surface area contributed by atoms with Gasteiger partial charge in [0.25, 0.3) is 0 Å². The molecular formula is C13H27N3O2. The zero-order chi connectivity index (χ0) is 12.8. The van der Waals surface area contributed by atoms with Crippen molar-refractivity contribution in [2.24, 2.45) is 5.84 Å². The zero-order valence-corrected chi connectivity index (χ0v) is 11.4. The normalized spacial score (nSPS) is 31.7. The highest BCUT2D eigenvalue weighted by atomic mass is 16.5. The van der Waals surface area contributed by atoms with E-state index in [0.29, 0.717) is 6.10 Å². The third kappa shape index (κ3) is 3.90. The Kier molecular flexibility index (Phi) is 5.85. The van der Waals surface area contributed by atoms with Gasteiger partial charge in [0.05, 0.1) is 18.8 Å². The van der Waals surface area contributed by atoms with Crippen molar-refractivity contribution in [2.75, 3.05) is 32.8 Å². The van der Waals surface area contributed by atoms with Gasteiger partial charge in [-0.3, -0.25) is 16.2 Å². The number of rotatable bonds is 6. The number of hydrogen-bond acceptors (Lipinski definition) is 5. The van der Waals surface area contributed by atoms with Crippen molar-refractivity contribution in [1.82, 2.24) is 10.3 Å². The second-order valence-electron chi connectivity index (χ2n) is 5.29. The van der Waals surface area contributed by atoms with Crippen LogP contribution in [0.1, 0.15) is 32.6 Å². The van der Waals surface area contributed by atoms with E-state index in [0.717, 1.165) is 45.7 Å². The van der Waals surface area contributed by atoms with Crippen molar-refractivity contribution >= 4 is 0 Å². The molecular weight excluding hydrogens is 230 g/mol. The number of nitrogens with zero attached hydrogens (tertiary/aromatic N) is 1. The van der Waals surface area contributed by atoms with Crippen LogP contribution in [0.4, 0.5) is 0 Å². The lowest BCUT2D eigenvalue weighted by Gasteiger charge is -2.36. The van der Waals surface area contributed by atoms with Gasteiger partial charge in [0.2, 0.25) is 0 Å². The van der Waals surface area contributed by atoms with Crippen LogP contribution < -0.4 is 11.3 Å². The highest BCUT2D eigenvalue weighted by Crippen LogP contribution is 2.20. The SMILES string of the molecule is CCN1CCOC(C(CCC2CCCO2)NN)C1. The number of nitrogens with one attached hydrogen (secondary N) is 1. The predicted molar refractivity (Wildman–Crippen MR) is 71.2 cm³/mol. The molecule has 0 aliphatic carbocycles. The number of ether oxygens (including phenoxy) is 2. The summed E-state index contributed by atoms with van der Waals surface area (Å²) in [6.45, 7) is 7.04. The van der Waals surface area contributed by atoms with E-state index in [1.807, 2.05) is 0 Å². The minimum atomic E-state index is 0.213. The molecule has 2 fully saturated rings. The van der Waals surface area contributed by atoms with E-state index >= 15 is 0 Å². The van der Waals surface area contributed by atoms with Crippen LogP contribution in [0.25, 0.3) is 0 Å². The maximum atomic E-state index is 5.85. The van der Waals surface area contributed by atoms with Gasteiger partial charge in [-0.15, -0.1) is 0 Å². The second-order valence-corrected chi connectivity index (χ2v) is 5.29. The van der Waals surface area contributed by atoms with Gasteiger partial charge in [-0.1, -0.05) is 6.92 Å². The first kappa shape index (κ1) is 14.2. The monoisotopic (exact) mass is 257 g/mol. The first-order valence-electron chi connectivity index (χ1n) is 7.25. The molecule has 5 heteroatoms. The topological polar surface area (TPSA) is 59.8 Å². The molecule has 0 saturated carbocycles. The summed E-state index contributed by atoms with van der Waals surface area (Å²) in [5, 5.41) is 0. The summed E-state index contributed by atoms with van der Waals surface area (Å²) in [5.41, 5.74) is 2.93. The van der Waals surface area contributed by atoms with Gasteiger partial charge < -0.3 is 9.47 Å². The number of hydrazine groups is 1. The molecule has 2 saturated heterocycles. The van der Waals surface area contributed by atoms with Crippen molar-refractivity contribution < 1.29 is 9.47 Å². The van der Waals surface area contributed by atoms with Gasteiger partial charge in [0, 0.05) is 25.7 Å². The average Bonchev–Trinajstić information content (AvgIpc) is 2.93. The Hall–Kier alpha value is -0.200. The molecule has 18 heavy (non-hydrogen) atoms. The Bertz CT molecular complexity index is 234. The van der Waals surface area contributed by atoms with Crippen molar-refractivity contribution in [1.29, 1.82) is 0 Å². The van der Waals surface area contributed by atoms with E-state index < -0.39 is 0 Å². The molecule has 2 aliphatic heterocycles. The van der Waals surface area contributed by atoms with Crippen LogP contribution in [0.5, 0.6) is 0 Å². The fourth-order valence-electron chi connectivity index (χ4n) is 2.88. The summed E-state index contributed by atoms with van der Waals surface area (Å²) < 4.78 is 11.5. The van der Waals surface area contributed by atoms with Crippen LogP contribution >= 0.6 is 0 Å². The van der Waals surface area contributed by atoms with E-state index in [4.69, 9.17) is 15.3 Å². The van der Waals surface area contributed by atoms with E-state index in [9.17, 15) is 0 Å². The number of morpholine rings is 1. The Morgan fingerprint density at radius 3 is 2.94 bits per heavy atom. The molecule has 0 aromatic rings. The molecule has 5 nitrogen and oxygen atoms in total. The molecule has 0 amide bonds. The zero-order valence-electron chi connectivity index (χ0n) is 11.4. The van der Waals surface area contributed by atoms with Crippen LogP contribution in [0, 0.1) is 0 Å². The molecule has 0 aromatic heterocycles. The van der Waals surface area contributed by atoms with Crippen LogP contribution in [0.15, 0.2) is 0 Å². The molecule has 3 atom stereocenters. The standard InChI is InChI=1S/C13H27N3O2/c1-2-16-7-9-18-13(10-16)12(15-14)6-5-11-4-3-8-17-11/h11-13,15H,2-10,14H2,1H3. The summed E-state index contributed by atoms with van der Waals surface area (Å²) in [4.78, 5) is 2.42. The Labute approximate surface area is 110 Å². The first-order chi connectivity index (χ1) is 8.83. The van der Waals surface area contributed by atoms with Crippen LogP contribution in [0.2, 0.25) is 0 Å². The summed E-state index contributed by atoms with van der Waals surface area (Å²) in [5.74, 6) is 5.69. The van der Waals surface area contributed by atoms with Gasteiger partial charge in [0.15, 0.2) is 0 Å². The third-order valence-corrected chi connectivity index (χ3v) is 4.11. The van der Waals surface area contributed by atoms with Crippen LogP contribution in [-0.2, 0) is 9.47 Å². The van der Waals surface area contributed by atoms with E-state index in [2.05, 4.69) is 17.2 Å². The van der Waals surface area contributed by atoms with Crippen LogP contribution in [-0.4, -0.2) is 56.0 Å². The lowest BCUT2D eigenvalue weighted by molar-refractivity contribution is -0.0482. The fourth-order valence-corrected chi connectivity index (χ4v) is 2.88.